The van der Waals surface area contributed by atoms with Crippen LogP contribution in [0.2, 0.25) is 0 Å². The van der Waals surface area contributed by atoms with Crippen LogP contribution in [0, 0.1) is 12.7 Å². The van der Waals surface area contributed by atoms with Crippen molar-refractivity contribution < 1.29 is 9.18 Å². The molecule has 1 fully saturated rings. The first kappa shape index (κ1) is 14.0. The van der Waals surface area contributed by atoms with Gasteiger partial charge in [0.05, 0.1) is 11.7 Å². The van der Waals surface area contributed by atoms with E-state index in [4.69, 9.17) is 0 Å². The van der Waals surface area contributed by atoms with E-state index < -0.39 is 0 Å². The lowest BCUT2D eigenvalue weighted by Crippen LogP contribution is -2.52. The zero-order chi connectivity index (χ0) is 14.0. The highest BCUT2D eigenvalue weighted by Gasteiger charge is 2.31. The largest absolute Gasteiger partial charge is 0.308 e. The van der Waals surface area contributed by atoms with Crippen molar-refractivity contribution in [3.63, 3.8) is 0 Å². The molecule has 1 aliphatic heterocycles. The van der Waals surface area contributed by atoms with E-state index in [1.807, 2.05) is 20.8 Å². The number of piperidine rings is 1. The minimum atomic E-state index is -0.329. The third-order valence-corrected chi connectivity index (χ3v) is 3.37. The summed E-state index contributed by atoms with van der Waals surface area (Å²) >= 11 is 0. The van der Waals surface area contributed by atoms with E-state index in [9.17, 15) is 9.18 Å². The maximum absolute atomic E-state index is 13.9. The Labute approximate surface area is 113 Å². The molecule has 4 heteroatoms. The topological polar surface area (TPSA) is 32.3 Å². The van der Waals surface area contributed by atoms with Gasteiger partial charge < -0.3 is 10.2 Å². The van der Waals surface area contributed by atoms with Crippen LogP contribution in [-0.4, -0.2) is 24.5 Å². The van der Waals surface area contributed by atoms with E-state index in [0.29, 0.717) is 12.2 Å². The number of hydrogen-bond acceptors (Lipinski definition) is 2. The number of hydrogen-bond donors (Lipinski definition) is 1. The molecule has 0 spiro atoms. The van der Waals surface area contributed by atoms with E-state index in [-0.39, 0.29) is 23.8 Å². The third-order valence-electron chi connectivity index (χ3n) is 3.37. The first-order valence-corrected chi connectivity index (χ1v) is 6.82. The second kappa shape index (κ2) is 5.70. The van der Waals surface area contributed by atoms with Crippen molar-refractivity contribution in [2.24, 2.45) is 0 Å². The molecule has 2 rings (SSSR count). The zero-order valence-corrected chi connectivity index (χ0v) is 11.7. The van der Waals surface area contributed by atoms with Gasteiger partial charge in [-0.15, -0.1) is 0 Å². The van der Waals surface area contributed by atoms with Gasteiger partial charge in [0.15, 0.2) is 0 Å². The van der Waals surface area contributed by atoms with Crippen LogP contribution in [0.15, 0.2) is 18.2 Å². The molecule has 1 aromatic rings. The van der Waals surface area contributed by atoms with E-state index in [2.05, 4.69) is 5.32 Å². The molecular formula is C15H21FN2O. The smallest absolute Gasteiger partial charge is 0.244 e. The average molecular weight is 264 g/mol. The Kier molecular flexibility index (Phi) is 4.20. The zero-order valence-electron chi connectivity index (χ0n) is 11.7. The van der Waals surface area contributed by atoms with Crippen LogP contribution in [0.5, 0.6) is 0 Å². The number of anilines is 1. The van der Waals surface area contributed by atoms with Gasteiger partial charge in [0.2, 0.25) is 5.91 Å². The quantitative estimate of drug-likeness (QED) is 0.910. The summed E-state index contributed by atoms with van der Waals surface area (Å²) in [6, 6.07) is 4.93. The number of amides is 1. The molecule has 1 aliphatic rings. The van der Waals surface area contributed by atoms with Crippen LogP contribution < -0.4 is 10.2 Å². The fourth-order valence-corrected chi connectivity index (χ4v) is 2.50. The third kappa shape index (κ3) is 3.13. The molecule has 0 aromatic heterocycles. The molecule has 1 saturated heterocycles. The number of carbonyl (C=O) groups is 1. The van der Waals surface area contributed by atoms with Crippen LogP contribution in [0.3, 0.4) is 0 Å². The van der Waals surface area contributed by atoms with E-state index >= 15 is 0 Å². The van der Waals surface area contributed by atoms with E-state index in [1.165, 1.54) is 6.07 Å². The number of halogens is 1. The predicted octanol–water partition coefficient (Wildman–Crippen LogP) is 2.63. The molecule has 3 nitrogen and oxygen atoms in total. The number of nitrogens with one attached hydrogen (secondary N) is 1. The molecule has 104 valence electrons. The maximum atomic E-state index is 13.9. The number of benzene rings is 1. The molecule has 1 heterocycles. The van der Waals surface area contributed by atoms with Crippen molar-refractivity contribution in [3.05, 3.63) is 29.6 Å². The van der Waals surface area contributed by atoms with Crippen molar-refractivity contribution in [2.45, 2.75) is 45.7 Å². The molecule has 1 N–H and O–H groups in total. The summed E-state index contributed by atoms with van der Waals surface area (Å²) in [5.41, 5.74) is 1.36. The fraction of sp³-hybridized carbons (Fsp3) is 0.533. The summed E-state index contributed by atoms with van der Waals surface area (Å²) in [6.45, 7) is 6.52. The maximum Gasteiger partial charge on any atom is 0.244 e. The lowest BCUT2D eigenvalue weighted by Gasteiger charge is -2.34. The monoisotopic (exact) mass is 264 g/mol. The second-order valence-corrected chi connectivity index (χ2v) is 5.46. The van der Waals surface area contributed by atoms with Crippen LogP contribution in [0.1, 0.15) is 32.3 Å². The van der Waals surface area contributed by atoms with Gasteiger partial charge in [-0.3, -0.25) is 4.79 Å². The highest BCUT2D eigenvalue weighted by molar-refractivity contribution is 5.98. The number of nitrogens with zero attached hydrogens (tertiary/aromatic N) is 1. The fourth-order valence-electron chi connectivity index (χ4n) is 2.50. The Morgan fingerprint density at radius 3 is 2.84 bits per heavy atom. The Balaban J connectivity index is 2.24. The summed E-state index contributed by atoms with van der Waals surface area (Å²) in [7, 11) is 0. The lowest BCUT2D eigenvalue weighted by atomic mass is 10.0. The highest BCUT2D eigenvalue weighted by atomic mass is 19.1. The van der Waals surface area contributed by atoms with Gasteiger partial charge >= 0.3 is 0 Å². The Bertz CT molecular complexity index is 473. The number of carbonyl (C=O) groups excluding carboxylic acids is 1. The van der Waals surface area contributed by atoms with Gasteiger partial charge in [0.1, 0.15) is 5.82 Å². The molecular weight excluding hydrogens is 243 g/mol. The standard InChI is InChI=1S/C15H21FN2O/c1-10(2)17-13-5-4-8-18(15(13)19)14-9-11(3)6-7-12(14)16/h6-7,9-10,13,17H,4-5,8H2,1-3H3. The molecule has 19 heavy (non-hydrogen) atoms. The van der Waals surface area contributed by atoms with Crippen molar-refractivity contribution in [1.29, 1.82) is 0 Å². The SMILES string of the molecule is Cc1ccc(F)c(N2CCCC(NC(C)C)C2=O)c1. The summed E-state index contributed by atoms with van der Waals surface area (Å²) in [5, 5.41) is 3.25. The predicted molar refractivity (Wildman–Crippen MR) is 74.8 cm³/mol. The minimum absolute atomic E-state index is 0.0237. The molecule has 1 atom stereocenters. The Hall–Kier alpha value is -1.42. The second-order valence-electron chi connectivity index (χ2n) is 5.46. The molecule has 1 amide bonds. The molecule has 0 saturated carbocycles. The van der Waals surface area contributed by atoms with Crippen LogP contribution in [0.25, 0.3) is 0 Å². The first-order chi connectivity index (χ1) is 8.99. The molecule has 0 bridgehead atoms. The first-order valence-electron chi connectivity index (χ1n) is 6.82. The molecule has 1 aromatic carbocycles. The van der Waals surface area contributed by atoms with Gasteiger partial charge in [0.25, 0.3) is 0 Å². The van der Waals surface area contributed by atoms with Crippen LogP contribution in [0.4, 0.5) is 10.1 Å². The van der Waals surface area contributed by atoms with Crippen LogP contribution >= 0.6 is 0 Å². The summed E-state index contributed by atoms with van der Waals surface area (Å²) < 4.78 is 13.9. The molecule has 0 radical (unpaired) electrons. The highest BCUT2D eigenvalue weighted by Crippen LogP contribution is 2.25. The van der Waals surface area contributed by atoms with Crippen molar-refractivity contribution in [3.8, 4) is 0 Å². The Morgan fingerprint density at radius 2 is 2.16 bits per heavy atom. The van der Waals surface area contributed by atoms with Gasteiger partial charge in [-0.25, -0.2) is 4.39 Å². The van der Waals surface area contributed by atoms with Gasteiger partial charge in [0, 0.05) is 12.6 Å². The number of aryl methyl sites for hydroxylation is 1. The minimum Gasteiger partial charge on any atom is -0.308 e. The van der Waals surface area contributed by atoms with Crippen molar-refractivity contribution >= 4 is 11.6 Å². The van der Waals surface area contributed by atoms with Crippen molar-refractivity contribution in [1.82, 2.24) is 5.32 Å². The van der Waals surface area contributed by atoms with Gasteiger partial charge in [-0.1, -0.05) is 19.9 Å². The molecule has 1 unspecified atom stereocenters. The van der Waals surface area contributed by atoms with E-state index in [1.54, 1.807) is 17.0 Å². The van der Waals surface area contributed by atoms with Gasteiger partial charge in [-0.05, 0) is 37.5 Å². The average Bonchev–Trinajstić information content (AvgIpc) is 2.35. The number of rotatable bonds is 3. The Morgan fingerprint density at radius 1 is 1.42 bits per heavy atom. The van der Waals surface area contributed by atoms with Gasteiger partial charge in [-0.2, -0.15) is 0 Å². The summed E-state index contributed by atoms with van der Waals surface area (Å²) in [4.78, 5) is 14.0. The summed E-state index contributed by atoms with van der Waals surface area (Å²) in [5.74, 6) is -0.353. The summed E-state index contributed by atoms with van der Waals surface area (Å²) in [6.07, 6.45) is 1.71. The molecule has 0 aliphatic carbocycles. The lowest BCUT2D eigenvalue weighted by molar-refractivity contribution is -0.122. The van der Waals surface area contributed by atoms with Crippen LogP contribution in [-0.2, 0) is 4.79 Å². The van der Waals surface area contributed by atoms with Crippen molar-refractivity contribution in [2.75, 3.05) is 11.4 Å². The normalized spacial score (nSPS) is 20.2. The van der Waals surface area contributed by atoms with E-state index in [0.717, 1.165) is 18.4 Å².